The van der Waals surface area contributed by atoms with Crippen molar-refractivity contribution in [3.05, 3.63) is 83.6 Å². The molecule has 0 atom stereocenters. The molecule has 2 heteroatoms. The van der Waals surface area contributed by atoms with Crippen molar-refractivity contribution in [2.75, 3.05) is 5.32 Å². The minimum Gasteiger partial charge on any atom is -0.508 e. The van der Waals surface area contributed by atoms with Crippen LogP contribution in [0.1, 0.15) is 36.5 Å². The van der Waals surface area contributed by atoms with Gasteiger partial charge in [0.1, 0.15) is 5.76 Å². The second-order valence-electron chi connectivity index (χ2n) is 5.74. The lowest BCUT2D eigenvalue weighted by atomic mass is 10.0. The summed E-state index contributed by atoms with van der Waals surface area (Å²) in [6.45, 7) is 8.13. The third-order valence-corrected chi connectivity index (χ3v) is 3.78. The molecule has 0 unspecified atom stereocenters. The molecule has 0 aromatic heterocycles. The zero-order valence-electron chi connectivity index (χ0n) is 14.0. The van der Waals surface area contributed by atoms with Gasteiger partial charge in [0.2, 0.25) is 0 Å². The molecule has 0 aliphatic rings. The van der Waals surface area contributed by atoms with Crippen molar-refractivity contribution in [2.45, 2.75) is 33.1 Å². The van der Waals surface area contributed by atoms with Gasteiger partial charge in [-0.3, -0.25) is 0 Å². The summed E-state index contributed by atoms with van der Waals surface area (Å²) in [4.78, 5) is 0. The Bertz CT molecular complexity index is 686. The molecule has 0 radical (unpaired) electrons. The van der Waals surface area contributed by atoms with E-state index < -0.39 is 0 Å². The van der Waals surface area contributed by atoms with Gasteiger partial charge in [-0.05, 0) is 61.6 Å². The lowest BCUT2D eigenvalue weighted by molar-refractivity contribution is 0.509. The van der Waals surface area contributed by atoms with Crippen LogP contribution < -0.4 is 5.32 Å². The fourth-order valence-corrected chi connectivity index (χ4v) is 2.54. The standard InChI is InChI=1S/C21H25NO/c1-4-8-21(23)20-14-13-19(15-16(20)2)22-17(3)11-12-18-9-6-5-7-10-18/h5-10,13-15,22-23H,3-4,11-12H2,1-2H3. The van der Waals surface area contributed by atoms with Crippen molar-refractivity contribution in [3.63, 3.8) is 0 Å². The Morgan fingerprint density at radius 1 is 1.17 bits per heavy atom. The largest absolute Gasteiger partial charge is 0.508 e. The molecular formula is C21H25NO. The van der Waals surface area contributed by atoms with Crippen LogP contribution in [-0.2, 0) is 6.42 Å². The van der Waals surface area contributed by atoms with Crippen LogP contribution >= 0.6 is 0 Å². The van der Waals surface area contributed by atoms with Crippen molar-refractivity contribution < 1.29 is 5.11 Å². The summed E-state index contributed by atoms with van der Waals surface area (Å²) in [5.41, 5.74) is 5.25. The van der Waals surface area contributed by atoms with Crippen molar-refractivity contribution in [3.8, 4) is 0 Å². The maximum atomic E-state index is 10.0. The molecular weight excluding hydrogens is 282 g/mol. The minimum absolute atomic E-state index is 0.347. The summed E-state index contributed by atoms with van der Waals surface area (Å²) in [5, 5.41) is 13.4. The number of aliphatic hydroxyl groups excluding tert-OH is 1. The van der Waals surface area contributed by atoms with E-state index in [0.717, 1.165) is 41.8 Å². The Balaban J connectivity index is 1.96. The molecule has 2 rings (SSSR count). The van der Waals surface area contributed by atoms with Gasteiger partial charge in [0.05, 0.1) is 0 Å². The van der Waals surface area contributed by atoms with E-state index in [1.54, 1.807) is 0 Å². The van der Waals surface area contributed by atoms with E-state index in [-0.39, 0.29) is 0 Å². The fourth-order valence-electron chi connectivity index (χ4n) is 2.54. The molecule has 0 saturated heterocycles. The summed E-state index contributed by atoms with van der Waals surface area (Å²) >= 11 is 0. The number of benzene rings is 2. The van der Waals surface area contributed by atoms with Crippen LogP contribution in [0.15, 0.2) is 66.9 Å². The molecule has 0 fully saturated rings. The van der Waals surface area contributed by atoms with Crippen LogP contribution in [-0.4, -0.2) is 5.11 Å². The molecule has 0 aliphatic heterocycles. The smallest absolute Gasteiger partial charge is 0.119 e. The first-order valence-electron chi connectivity index (χ1n) is 8.09. The van der Waals surface area contributed by atoms with Crippen LogP contribution in [0.25, 0.3) is 5.76 Å². The molecule has 0 aliphatic carbocycles. The van der Waals surface area contributed by atoms with Crippen molar-refractivity contribution in [1.29, 1.82) is 0 Å². The summed E-state index contributed by atoms with van der Waals surface area (Å²) in [7, 11) is 0. The molecule has 120 valence electrons. The van der Waals surface area contributed by atoms with Gasteiger partial charge in [0.15, 0.2) is 0 Å². The van der Waals surface area contributed by atoms with Gasteiger partial charge in [0, 0.05) is 16.9 Å². The number of nitrogens with one attached hydrogen (secondary N) is 1. The highest BCUT2D eigenvalue weighted by atomic mass is 16.3. The summed E-state index contributed by atoms with van der Waals surface area (Å²) < 4.78 is 0. The van der Waals surface area contributed by atoms with E-state index >= 15 is 0 Å². The van der Waals surface area contributed by atoms with E-state index in [1.807, 2.05) is 44.2 Å². The molecule has 0 heterocycles. The molecule has 2 N–H and O–H groups in total. The first-order valence-corrected chi connectivity index (χ1v) is 8.09. The van der Waals surface area contributed by atoms with Crippen LogP contribution in [0.4, 0.5) is 5.69 Å². The normalized spacial score (nSPS) is 11.3. The Hall–Kier alpha value is -2.48. The maximum Gasteiger partial charge on any atom is 0.119 e. The van der Waals surface area contributed by atoms with Gasteiger partial charge in [-0.25, -0.2) is 0 Å². The molecule has 23 heavy (non-hydrogen) atoms. The van der Waals surface area contributed by atoms with Gasteiger partial charge >= 0.3 is 0 Å². The van der Waals surface area contributed by atoms with Gasteiger partial charge in [-0.15, -0.1) is 0 Å². The Morgan fingerprint density at radius 2 is 1.91 bits per heavy atom. The van der Waals surface area contributed by atoms with Crippen LogP contribution in [0, 0.1) is 6.92 Å². The second kappa shape index (κ2) is 8.23. The SMILES string of the molecule is C=C(CCc1ccccc1)Nc1ccc(C(O)=CCC)c(C)c1. The topological polar surface area (TPSA) is 32.3 Å². The fraction of sp³-hybridized carbons (Fsp3) is 0.238. The summed E-state index contributed by atoms with van der Waals surface area (Å²) in [6, 6.07) is 16.4. The number of aliphatic hydroxyl groups is 1. The highest BCUT2D eigenvalue weighted by Gasteiger charge is 2.05. The minimum atomic E-state index is 0.347. The predicted octanol–water partition coefficient (Wildman–Crippen LogP) is 5.86. The van der Waals surface area contributed by atoms with E-state index in [9.17, 15) is 5.11 Å². The average molecular weight is 307 g/mol. The van der Waals surface area contributed by atoms with Crippen LogP contribution in [0.3, 0.4) is 0 Å². The van der Waals surface area contributed by atoms with E-state index in [0.29, 0.717) is 5.76 Å². The van der Waals surface area contributed by atoms with Crippen molar-refractivity contribution in [2.24, 2.45) is 0 Å². The molecule has 2 aromatic rings. The number of allylic oxidation sites excluding steroid dienone is 2. The Kier molecular flexibility index (Phi) is 6.04. The molecule has 0 spiro atoms. The summed E-state index contributed by atoms with van der Waals surface area (Å²) in [5.74, 6) is 0.347. The zero-order chi connectivity index (χ0) is 16.7. The van der Waals surface area contributed by atoms with Gasteiger partial charge in [-0.2, -0.15) is 0 Å². The Morgan fingerprint density at radius 3 is 2.57 bits per heavy atom. The third kappa shape index (κ3) is 5.03. The molecule has 0 saturated carbocycles. The van der Waals surface area contributed by atoms with Crippen LogP contribution in [0.2, 0.25) is 0 Å². The second-order valence-corrected chi connectivity index (χ2v) is 5.74. The number of aryl methyl sites for hydroxylation is 2. The van der Waals surface area contributed by atoms with Crippen molar-refractivity contribution >= 4 is 11.4 Å². The van der Waals surface area contributed by atoms with E-state index in [4.69, 9.17) is 0 Å². The van der Waals surface area contributed by atoms with Gasteiger partial charge < -0.3 is 10.4 Å². The van der Waals surface area contributed by atoms with Crippen LogP contribution in [0.5, 0.6) is 0 Å². The predicted molar refractivity (Wildman–Crippen MR) is 99.6 cm³/mol. The third-order valence-electron chi connectivity index (χ3n) is 3.78. The number of anilines is 1. The van der Waals surface area contributed by atoms with Gasteiger partial charge in [0.25, 0.3) is 0 Å². The molecule has 2 nitrogen and oxygen atoms in total. The highest BCUT2D eigenvalue weighted by Crippen LogP contribution is 2.22. The molecule has 2 aromatic carbocycles. The quantitative estimate of drug-likeness (QED) is 0.628. The highest BCUT2D eigenvalue weighted by molar-refractivity contribution is 5.65. The maximum absolute atomic E-state index is 10.0. The number of hydrogen-bond acceptors (Lipinski definition) is 2. The lowest BCUT2D eigenvalue weighted by Crippen LogP contribution is -2.01. The van der Waals surface area contributed by atoms with Crippen molar-refractivity contribution in [1.82, 2.24) is 0 Å². The first kappa shape index (κ1) is 16.9. The molecule has 0 bridgehead atoms. The zero-order valence-corrected chi connectivity index (χ0v) is 14.0. The number of hydrogen-bond donors (Lipinski definition) is 2. The lowest BCUT2D eigenvalue weighted by Gasteiger charge is -2.12. The van der Waals surface area contributed by atoms with Gasteiger partial charge in [-0.1, -0.05) is 43.8 Å². The Labute approximate surface area is 139 Å². The van der Waals surface area contributed by atoms with E-state index in [1.165, 1.54) is 5.56 Å². The molecule has 0 amide bonds. The average Bonchev–Trinajstić information content (AvgIpc) is 2.54. The van der Waals surface area contributed by atoms with E-state index in [2.05, 4.69) is 36.2 Å². The monoisotopic (exact) mass is 307 g/mol. The number of rotatable bonds is 7. The first-order chi connectivity index (χ1) is 11.1. The summed E-state index contributed by atoms with van der Waals surface area (Å²) in [6.07, 6.45) is 4.52.